The van der Waals surface area contributed by atoms with Crippen LogP contribution < -0.4 is 9.47 Å². The predicted octanol–water partition coefficient (Wildman–Crippen LogP) is 4.87. The Hall–Kier alpha value is -3.27. The quantitative estimate of drug-likeness (QED) is 0.558. The van der Waals surface area contributed by atoms with E-state index in [2.05, 4.69) is 19.7 Å². The maximum absolute atomic E-state index is 14.4. The maximum Gasteiger partial charge on any atom is 0.573 e. The van der Waals surface area contributed by atoms with E-state index in [1.807, 2.05) is 0 Å². The summed E-state index contributed by atoms with van der Waals surface area (Å²) in [6.07, 6.45) is -0.871. The van der Waals surface area contributed by atoms with Crippen LogP contribution in [0.3, 0.4) is 0 Å². The fourth-order valence-corrected chi connectivity index (χ4v) is 3.35. The van der Waals surface area contributed by atoms with Crippen molar-refractivity contribution >= 4 is 0 Å². The van der Waals surface area contributed by atoms with E-state index in [-0.39, 0.29) is 17.1 Å². The molecule has 2 heterocycles. The molecule has 3 aromatic rings. The molecule has 0 amide bonds. The van der Waals surface area contributed by atoms with Crippen LogP contribution in [-0.4, -0.2) is 33.5 Å². The molecular formula is C22H21F4N3O3. The molecule has 0 saturated carbocycles. The highest BCUT2D eigenvalue weighted by Crippen LogP contribution is 2.46. The molecule has 10 heteroatoms. The minimum atomic E-state index is -4.92. The molecular weight excluding hydrogens is 430 g/mol. The van der Waals surface area contributed by atoms with Gasteiger partial charge in [-0.25, -0.2) is 14.4 Å². The number of aliphatic hydroxyl groups is 1. The zero-order valence-electron chi connectivity index (χ0n) is 17.7. The Balaban J connectivity index is 2.03. The molecule has 6 nitrogen and oxygen atoms in total. The van der Waals surface area contributed by atoms with Crippen LogP contribution in [0.1, 0.15) is 32.0 Å². The molecule has 3 rings (SSSR count). The van der Waals surface area contributed by atoms with E-state index in [4.69, 9.17) is 4.74 Å². The van der Waals surface area contributed by atoms with Crippen LogP contribution in [0.4, 0.5) is 17.6 Å². The molecule has 0 saturated heterocycles. The molecule has 32 heavy (non-hydrogen) atoms. The number of methoxy groups -OCH3 is 1. The van der Waals surface area contributed by atoms with Crippen molar-refractivity contribution in [2.45, 2.75) is 32.7 Å². The minimum absolute atomic E-state index is 0.0264. The summed E-state index contributed by atoms with van der Waals surface area (Å²) in [5, 5.41) is 11.7. The molecule has 0 aliphatic heterocycles. The van der Waals surface area contributed by atoms with Crippen molar-refractivity contribution < 1.29 is 32.1 Å². The van der Waals surface area contributed by atoms with Crippen molar-refractivity contribution in [3.63, 3.8) is 0 Å². The van der Waals surface area contributed by atoms with Crippen molar-refractivity contribution in [3.8, 4) is 22.8 Å². The average molecular weight is 451 g/mol. The second-order valence-electron chi connectivity index (χ2n) is 8.03. The third-order valence-electron chi connectivity index (χ3n) is 4.96. The second-order valence-corrected chi connectivity index (χ2v) is 8.03. The first-order valence-electron chi connectivity index (χ1n) is 9.46. The van der Waals surface area contributed by atoms with Crippen molar-refractivity contribution in [2.24, 2.45) is 5.41 Å². The van der Waals surface area contributed by atoms with Gasteiger partial charge in [-0.15, -0.1) is 13.2 Å². The van der Waals surface area contributed by atoms with Gasteiger partial charge in [-0.3, -0.25) is 4.98 Å². The van der Waals surface area contributed by atoms with Gasteiger partial charge in [0.05, 0.1) is 18.4 Å². The number of nitrogens with zero attached hydrogens (tertiary/aromatic N) is 3. The van der Waals surface area contributed by atoms with Crippen LogP contribution in [0.15, 0.2) is 49.1 Å². The van der Waals surface area contributed by atoms with E-state index in [9.17, 15) is 22.7 Å². The Kier molecular flexibility index (Phi) is 6.10. The predicted molar refractivity (Wildman–Crippen MR) is 107 cm³/mol. The number of hydrogen-bond acceptors (Lipinski definition) is 6. The van der Waals surface area contributed by atoms with Crippen molar-refractivity contribution in [3.05, 3.63) is 66.1 Å². The summed E-state index contributed by atoms with van der Waals surface area (Å²) in [5.41, 5.74) is -1.58. The third-order valence-corrected chi connectivity index (χ3v) is 4.96. The molecule has 0 spiro atoms. The largest absolute Gasteiger partial charge is 0.573 e. The number of alkyl halides is 3. The van der Waals surface area contributed by atoms with E-state index in [0.29, 0.717) is 17.2 Å². The first kappa shape index (κ1) is 23.4. The van der Waals surface area contributed by atoms with Crippen LogP contribution in [0, 0.1) is 11.2 Å². The van der Waals surface area contributed by atoms with Gasteiger partial charge in [0.15, 0.2) is 0 Å². The molecule has 1 unspecified atom stereocenters. The van der Waals surface area contributed by atoms with E-state index < -0.39 is 28.9 Å². The molecule has 1 N–H and O–H groups in total. The number of hydrogen-bond donors (Lipinski definition) is 1. The summed E-state index contributed by atoms with van der Waals surface area (Å²) in [4.78, 5) is 12.4. The Morgan fingerprint density at radius 2 is 1.69 bits per heavy atom. The maximum atomic E-state index is 14.4. The molecule has 1 atom stereocenters. The fraction of sp³-hybridized carbons (Fsp3) is 0.318. The monoisotopic (exact) mass is 451 g/mol. The zero-order chi connectivity index (χ0) is 23.7. The number of halogens is 4. The summed E-state index contributed by atoms with van der Waals surface area (Å²) in [6, 6.07) is 5.84. The van der Waals surface area contributed by atoms with Gasteiger partial charge in [-0.05, 0) is 18.2 Å². The lowest BCUT2D eigenvalue weighted by atomic mass is 9.70. The van der Waals surface area contributed by atoms with Crippen molar-refractivity contribution in [2.75, 3.05) is 7.11 Å². The van der Waals surface area contributed by atoms with Gasteiger partial charge < -0.3 is 14.6 Å². The molecule has 1 aromatic carbocycles. The van der Waals surface area contributed by atoms with Crippen molar-refractivity contribution in [1.82, 2.24) is 15.0 Å². The van der Waals surface area contributed by atoms with Crippen LogP contribution >= 0.6 is 0 Å². The number of benzene rings is 1. The SMILES string of the molecule is COc1ncncc1C(O)(c1ccc(-c2ccc(OC(F)(F)F)cc2F)cn1)C(C)(C)C. The van der Waals surface area contributed by atoms with E-state index in [1.54, 1.807) is 20.8 Å². The molecule has 0 aliphatic rings. The lowest BCUT2D eigenvalue weighted by molar-refractivity contribution is -0.274. The summed E-state index contributed by atoms with van der Waals surface area (Å²) in [6.45, 7) is 5.40. The molecule has 0 fully saturated rings. The second kappa shape index (κ2) is 8.34. The van der Waals surface area contributed by atoms with Crippen LogP contribution in [0.2, 0.25) is 0 Å². The molecule has 0 bridgehead atoms. The third kappa shape index (κ3) is 4.50. The first-order valence-corrected chi connectivity index (χ1v) is 9.46. The number of aromatic nitrogens is 3. The molecule has 0 aliphatic carbocycles. The normalized spacial score (nSPS) is 14.0. The van der Waals surface area contributed by atoms with Gasteiger partial charge in [-0.1, -0.05) is 26.8 Å². The molecule has 0 radical (unpaired) electrons. The van der Waals surface area contributed by atoms with Gasteiger partial charge in [0.2, 0.25) is 5.88 Å². The van der Waals surface area contributed by atoms with Gasteiger partial charge in [0.1, 0.15) is 23.5 Å². The first-order chi connectivity index (χ1) is 14.9. The van der Waals surface area contributed by atoms with Gasteiger partial charge >= 0.3 is 6.36 Å². The lowest BCUT2D eigenvalue weighted by Crippen LogP contribution is -2.42. The highest BCUT2D eigenvalue weighted by Gasteiger charge is 2.47. The number of rotatable bonds is 5. The summed E-state index contributed by atoms with van der Waals surface area (Å²) >= 11 is 0. The van der Waals surface area contributed by atoms with Crippen LogP contribution in [-0.2, 0) is 5.60 Å². The highest BCUT2D eigenvalue weighted by molar-refractivity contribution is 5.64. The lowest BCUT2D eigenvalue weighted by Gasteiger charge is -2.40. The van der Waals surface area contributed by atoms with Crippen LogP contribution in [0.5, 0.6) is 11.6 Å². The van der Waals surface area contributed by atoms with Crippen LogP contribution in [0.25, 0.3) is 11.1 Å². The van der Waals surface area contributed by atoms with Gasteiger partial charge in [0, 0.05) is 35.0 Å². The van der Waals surface area contributed by atoms with Gasteiger partial charge in [0.25, 0.3) is 0 Å². The summed E-state index contributed by atoms with van der Waals surface area (Å²) < 4.78 is 60.5. The van der Waals surface area contributed by atoms with E-state index in [1.165, 1.54) is 38.0 Å². The van der Waals surface area contributed by atoms with E-state index in [0.717, 1.165) is 12.1 Å². The van der Waals surface area contributed by atoms with Crippen molar-refractivity contribution in [1.29, 1.82) is 0 Å². The number of ether oxygens (including phenoxy) is 2. The number of pyridine rings is 1. The average Bonchev–Trinajstić information content (AvgIpc) is 2.71. The highest BCUT2D eigenvalue weighted by atomic mass is 19.4. The fourth-order valence-electron chi connectivity index (χ4n) is 3.35. The standard InChI is InChI=1S/C22H21F4N3O3/c1-20(2,3)21(30,16-11-27-12-29-19(16)31-4)18-8-5-13(10-28-18)15-7-6-14(9-17(15)23)32-22(24,25)26/h5-12,30H,1-4H3. The Bertz CT molecular complexity index is 1100. The Morgan fingerprint density at radius 1 is 0.969 bits per heavy atom. The summed E-state index contributed by atoms with van der Waals surface area (Å²) in [5.74, 6) is -1.40. The molecule has 170 valence electrons. The van der Waals surface area contributed by atoms with Gasteiger partial charge in [-0.2, -0.15) is 0 Å². The Labute approximate surface area is 181 Å². The smallest absolute Gasteiger partial charge is 0.481 e. The topological polar surface area (TPSA) is 77.4 Å². The Morgan fingerprint density at radius 3 is 2.22 bits per heavy atom. The zero-order valence-corrected chi connectivity index (χ0v) is 17.7. The molecule has 2 aromatic heterocycles. The minimum Gasteiger partial charge on any atom is -0.481 e. The van der Waals surface area contributed by atoms with E-state index >= 15 is 0 Å². The summed E-state index contributed by atoms with van der Waals surface area (Å²) in [7, 11) is 1.42.